The number of phosphoric acid groups is 1. The fraction of sp³-hybridized carbons (Fsp3) is 0.717. The molecule has 6 atom stereocenters. The Morgan fingerprint density at radius 1 is 0.607 bits per heavy atom. The van der Waals surface area contributed by atoms with Gasteiger partial charge in [-0.25, -0.2) is 4.57 Å². The summed E-state index contributed by atoms with van der Waals surface area (Å²) in [5, 5.41) is 39.3. The molecule has 61 heavy (non-hydrogen) atoms. The summed E-state index contributed by atoms with van der Waals surface area (Å²) < 4.78 is 32.5. The molecule has 0 fully saturated rings. The minimum atomic E-state index is -4.80. The summed E-state index contributed by atoms with van der Waals surface area (Å²) >= 11 is 0. The van der Waals surface area contributed by atoms with Crippen LogP contribution in [0.5, 0.6) is 0 Å². The second-order valence-corrected chi connectivity index (χ2v) is 16.8. The Morgan fingerprint density at radius 2 is 1.11 bits per heavy atom. The molecule has 0 saturated heterocycles. The highest BCUT2D eigenvalue weighted by Gasteiger charge is 2.28. The average molecular weight is 886 g/mol. The van der Waals surface area contributed by atoms with Gasteiger partial charge in [-0.15, -0.1) is 0 Å². The number of unbranched alkanes of at least 4 members (excludes halogenated alkanes) is 15. The van der Waals surface area contributed by atoms with Crippen molar-refractivity contribution in [3.63, 3.8) is 0 Å². The molecule has 0 saturated carbocycles. The van der Waals surface area contributed by atoms with Crippen LogP contribution in [0.25, 0.3) is 0 Å². The van der Waals surface area contributed by atoms with Crippen molar-refractivity contribution in [2.75, 3.05) is 19.8 Å². The van der Waals surface area contributed by atoms with Crippen LogP contribution in [-0.4, -0.2) is 93.5 Å². The summed E-state index contributed by atoms with van der Waals surface area (Å²) in [4.78, 5) is 46.1. The second-order valence-electron chi connectivity index (χ2n) is 15.4. The molecule has 7 N–H and O–H groups in total. The van der Waals surface area contributed by atoms with E-state index in [2.05, 4.69) is 30.5 Å². The van der Waals surface area contributed by atoms with E-state index < -0.39 is 76.0 Å². The zero-order chi connectivity index (χ0) is 45.4. The van der Waals surface area contributed by atoms with E-state index >= 15 is 0 Å². The Hall–Kier alpha value is -2.94. The number of rotatable bonds is 41. The molecule has 0 spiro atoms. The average Bonchev–Trinajstić information content (AvgIpc) is 3.22. The summed E-state index contributed by atoms with van der Waals surface area (Å²) in [6.07, 6.45) is 35.1. The lowest BCUT2D eigenvalue weighted by molar-refractivity contribution is -0.161. The third-order valence-corrected chi connectivity index (χ3v) is 10.6. The number of carboxylic acids is 1. The lowest BCUT2D eigenvalue weighted by atomic mass is 10.1. The van der Waals surface area contributed by atoms with Gasteiger partial charge in [0.2, 0.25) is 0 Å². The van der Waals surface area contributed by atoms with Gasteiger partial charge < -0.3 is 40.5 Å². The SMILES string of the molecule is CCCCCCCC/C=C\CCCCCCCCCC(=O)O[C@H](COC(=O)CCC[C@@H](O)[C@H](O)/C=C/C=C/C=C\C=C\[C@H](O)CCCCC)COP(=O)(O)OC[C@H](N)C(=O)O. The van der Waals surface area contributed by atoms with Crippen molar-refractivity contribution >= 4 is 25.7 Å². The first-order valence-electron chi connectivity index (χ1n) is 22.6. The van der Waals surface area contributed by atoms with E-state index in [1.54, 1.807) is 42.5 Å². The van der Waals surface area contributed by atoms with Crippen molar-refractivity contribution in [2.24, 2.45) is 5.73 Å². The summed E-state index contributed by atoms with van der Waals surface area (Å²) in [5.74, 6) is -2.76. The van der Waals surface area contributed by atoms with Crippen LogP contribution in [0.15, 0.2) is 60.8 Å². The van der Waals surface area contributed by atoms with E-state index in [9.17, 15) is 39.2 Å². The Balaban J connectivity index is 4.66. The van der Waals surface area contributed by atoms with Crippen LogP contribution in [0.3, 0.4) is 0 Å². The molecule has 0 aliphatic heterocycles. The van der Waals surface area contributed by atoms with Crippen LogP contribution in [0.1, 0.15) is 162 Å². The molecule has 0 aromatic heterocycles. The number of carbonyl (C=O) groups excluding carboxylic acids is 2. The number of ether oxygens (including phenoxy) is 2. The molecule has 0 heterocycles. The van der Waals surface area contributed by atoms with Crippen LogP contribution in [0, 0.1) is 0 Å². The Morgan fingerprint density at radius 3 is 1.72 bits per heavy atom. The number of phosphoric ester groups is 1. The number of carbonyl (C=O) groups is 3. The molecule has 0 aliphatic carbocycles. The lowest BCUT2D eigenvalue weighted by Gasteiger charge is -2.20. The van der Waals surface area contributed by atoms with Gasteiger partial charge in [0.05, 0.1) is 31.5 Å². The highest BCUT2D eigenvalue weighted by atomic mass is 31.2. The van der Waals surface area contributed by atoms with Gasteiger partial charge >= 0.3 is 25.7 Å². The van der Waals surface area contributed by atoms with Gasteiger partial charge in [-0.05, 0) is 51.4 Å². The molecule has 0 aliphatic rings. The Kier molecular flexibility index (Phi) is 38.0. The first-order valence-corrected chi connectivity index (χ1v) is 24.1. The third-order valence-electron chi connectivity index (χ3n) is 9.60. The summed E-state index contributed by atoms with van der Waals surface area (Å²) in [6, 6.07) is -1.57. The summed E-state index contributed by atoms with van der Waals surface area (Å²) in [7, 11) is -4.80. The fourth-order valence-corrected chi connectivity index (χ4v) is 6.63. The third kappa shape index (κ3) is 38.5. The van der Waals surface area contributed by atoms with E-state index in [1.165, 1.54) is 44.6 Å². The van der Waals surface area contributed by atoms with Gasteiger partial charge in [-0.1, -0.05) is 158 Å². The van der Waals surface area contributed by atoms with Crippen molar-refractivity contribution in [3.05, 3.63) is 60.8 Å². The van der Waals surface area contributed by atoms with Crippen molar-refractivity contribution in [1.82, 2.24) is 0 Å². The maximum Gasteiger partial charge on any atom is 0.472 e. The number of aliphatic hydroxyl groups is 3. The molecule has 0 bridgehead atoms. The predicted molar refractivity (Wildman–Crippen MR) is 239 cm³/mol. The van der Waals surface area contributed by atoms with Crippen molar-refractivity contribution < 1.29 is 62.8 Å². The topological polar surface area (TPSA) is 232 Å². The van der Waals surface area contributed by atoms with E-state index in [1.807, 2.05) is 0 Å². The first-order chi connectivity index (χ1) is 29.3. The fourth-order valence-electron chi connectivity index (χ4n) is 5.85. The molecule has 0 rings (SSSR count). The Bertz CT molecular complexity index is 1320. The minimum Gasteiger partial charge on any atom is -0.480 e. The molecule has 1 unspecified atom stereocenters. The van der Waals surface area contributed by atoms with Gasteiger partial charge in [-0.3, -0.25) is 23.4 Å². The molecular formula is C46H80NO13P. The molecule has 0 aromatic carbocycles. The van der Waals surface area contributed by atoms with E-state index in [0.717, 1.165) is 77.0 Å². The maximum atomic E-state index is 12.7. The van der Waals surface area contributed by atoms with Crippen LogP contribution >= 0.6 is 7.82 Å². The summed E-state index contributed by atoms with van der Waals surface area (Å²) in [6.45, 7) is 2.34. The number of allylic oxidation sites excluding steroid dienone is 8. The number of hydrogen-bond acceptors (Lipinski definition) is 12. The van der Waals surface area contributed by atoms with Gasteiger partial charge in [0.15, 0.2) is 6.10 Å². The molecule has 14 nitrogen and oxygen atoms in total. The number of carboxylic acid groups (broad SMARTS) is 1. The van der Waals surface area contributed by atoms with Crippen LogP contribution < -0.4 is 5.73 Å². The largest absolute Gasteiger partial charge is 0.480 e. The molecule has 0 radical (unpaired) electrons. The van der Waals surface area contributed by atoms with Gasteiger partial charge in [0.25, 0.3) is 0 Å². The number of nitrogens with two attached hydrogens (primary N) is 1. The number of aliphatic hydroxyl groups excluding tert-OH is 3. The molecule has 0 aromatic rings. The quantitative estimate of drug-likeness (QED) is 0.0111. The Labute approximate surface area is 366 Å². The molecular weight excluding hydrogens is 805 g/mol. The second kappa shape index (κ2) is 39.9. The lowest BCUT2D eigenvalue weighted by Crippen LogP contribution is -2.34. The zero-order valence-corrected chi connectivity index (χ0v) is 38.0. The maximum absolute atomic E-state index is 12.7. The summed E-state index contributed by atoms with van der Waals surface area (Å²) in [5.41, 5.74) is 5.32. The zero-order valence-electron chi connectivity index (χ0n) is 37.1. The minimum absolute atomic E-state index is 0.0807. The van der Waals surface area contributed by atoms with Crippen molar-refractivity contribution in [1.29, 1.82) is 0 Å². The molecule has 352 valence electrons. The van der Waals surface area contributed by atoms with E-state index in [4.69, 9.17) is 24.8 Å². The van der Waals surface area contributed by atoms with Gasteiger partial charge in [-0.2, -0.15) is 0 Å². The normalized spacial score (nSPS) is 15.8. The van der Waals surface area contributed by atoms with E-state index in [-0.39, 0.29) is 25.7 Å². The number of hydrogen-bond donors (Lipinski definition) is 6. The van der Waals surface area contributed by atoms with Crippen molar-refractivity contribution in [2.45, 2.75) is 192 Å². The monoisotopic (exact) mass is 886 g/mol. The number of esters is 2. The van der Waals surface area contributed by atoms with Gasteiger partial charge in [0, 0.05) is 12.8 Å². The highest BCUT2D eigenvalue weighted by molar-refractivity contribution is 7.47. The van der Waals surface area contributed by atoms with Gasteiger partial charge in [0.1, 0.15) is 12.6 Å². The van der Waals surface area contributed by atoms with E-state index in [0.29, 0.717) is 6.42 Å². The smallest absolute Gasteiger partial charge is 0.472 e. The number of aliphatic carboxylic acids is 1. The predicted octanol–water partition coefficient (Wildman–Crippen LogP) is 8.86. The highest BCUT2D eigenvalue weighted by Crippen LogP contribution is 2.43. The first kappa shape index (κ1) is 58.1. The van der Waals surface area contributed by atoms with Crippen LogP contribution in [-0.2, 0) is 37.5 Å². The standard InChI is InChI=1S/C46H80NO13P/c1-3-5-7-8-9-10-11-12-13-14-15-16-17-18-19-24-28-34-45(52)60-40(37-58-61(55,56)59-38-41(47)46(53)54)36-57-44(51)35-29-33-43(50)42(49)32-27-23-21-20-22-26-31-39(48)30-25-6-4-2/h12-13,20-23,26-27,31-32,39-43,48-50H,3-11,14-19,24-25,28-30,33-38,47H2,1-2H3,(H,53,54)(H,55,56)/b13-12-,22-20-,23-21+,31-26+,32-27+/t39-,40-,41+,42-,43-/m1/s1. The van der Waals surface area contributed by atoms with Crippen LogP contribution in [0.4, 0.5) is 0 Å². The van der Waals surface area contributed by atoms with Crippen LogP contribution in [0.2, 0.25) is 0 Å². The molecule has 15 heteroatoms. The molecule has 0 amide bonds. The van der Waals surface area contributed by atoms with Crippen molar-refractivity contribution in [3.8, 4) is 0 Å².